The number of ether oxygens (including phenoxy) is 1. The van der Waals surface area contributed by atoms with Crippen LogP contribution in [-0.2, 0) is 11.2 Å². The first-order valence-corrected chi connectivity index (χ1v) is 8.72. The molecule has 3 heterocycles. The number of hydrogen-bond acceptors (Lipinski definition) is 4. The Morgan fingerprint density at radius 1 is 1.43 bits per heavy atom. The Morgan fingerprint density at radius 3 is 3.13 bits per heavy atom. The van der Waals surface area contributed by atoms with Crippen LogP contribution in [0.3, 0.4) is 0 Å². The van der Waals surface area contributed by atoms with Gasteiger partial charge < -0.3 is 9.64 Å². The van der Waals surface area contributed by atoms with Crippen molar-refractivity contribution in [2.75, 3.05) is 13.1 Å². The fourth-order valence-corrected chi connectivity index (χ4v) is 4.15. The minimum atomic E-state index is -0.600. The van der Waals surface area contributed by atoms with Crippen molar-refractivity contribution >= 4 is 17.2 Å². The van der Waals surface area contributed by atoms with E-state index in [-0.39, 0.29) is 11.7 Å². The number of hydrogen-bond donors (Lipinski definition) is 0. The number of rotatable bonds is 2. The van der Waals surface area contributed by atoms with Crippen molar-refractivity contribution in [2.24, 2.45) is 0 Å². The molecule has 0 spiro atoms. The molecule has 2 aliphatic rings. The van der Waals surface area contributed by atoms with Gasteiger partial charge in [-0.2, -0.15) is 0 Å². The van der Waals surface area contributed by atoms with E-state index in [2.05, 4.69) is 4.98 Å². The molecule has 0 aliphatic carbocycles. The summed E-state index contributed by atoms with van der Waals surface area (Å²) in [6.45, 7) is 1.41. The van der Waals surface area contributed by atoms with Crippen LogP contribution in [0.5, 0.6) is 5.75 Å². The highest BCUT2D eigenvalue weighted by Crippen LogP contribution is 2.33. The maximum Gasteiger partial charge on any atom is 0.264 e. The van der Waals surface area contributed by atoms with Gasteiger partial charge in [-0.15, -0.1) is 11.3 Å². The quantitative estimate of drug-likeness (QED) is 0.849. The van der Waals surface area contributed by atoms with E-state index in [0.717, 1.165) is 30.0 Å². The molecule has 0 N–H and O–H groups in total. The standard InChI is InChI=1S/C17H17FN2O2S/c18-13-5-1-3-11-9-14(22-15(11)13)17(21)20-7-2-4-12(10-20)16-19-6-8-23-16/h1,3,5-6,8,12,14H,2,4,7,9-10H2. The van der Waals surface area contributed by atoms with Crippen LogP contribution in [0.25, 0.3) is 0 Å². The van der Waals surface area contributed by atoms with Gasteiger partial charge in [0, 0.05) is 42.6 Å². The molecular weight excluding hydrogens is 315 g/mol. The summed E-state index contributed by atoms with van der Waals surface area (Å²) in [4.78, 5) is 19.0. The third kappa shape index (κ3) is 2.72. The van der Waals surface area contributed by atoms with Crippen LogP contribution in [-0.4, -0.2) is 35.0 Å². The summed E-state index contributed by atoms with van der Waals surface area (Å²) in [7, 11) is 0. The van der Waals surface area contributed by atoms with Crippen molar-refractivity contribution in [2.45, 2.75) is 31.3 Å². The van der Waals surface area contributed by atoms with Crippen LogP contribution in [0, 0.1) is 5.82 Å². The molecule has 4 nitrogen and oxygen atoms in total. The number of para-hydroxylation sites is 1. The lowest BCUT2D eigenvalue weighted by Crippen LogP contribution is -2.45. The molecule has 0 bridgehead atoms. The second-order valence-electron chi connectivity index (χ2n) is 6.03. The zero-order chi connectivity index (χ0) is 15.8. The molecule has 1 fully saturated rings. The van der Waals surface area contributed by atoms with Gasteiger partial charge in [-0.3, -0.25) is 4.79 Å². The molecule has 2 aliphatic heterocycles. The number of carbonyl (C=O) groups excluding carboxylic acids is 1. The van der Waals surface area contributed by atoms with Crippen molar-refractivity contribution in [1.82, 2.24) is 9.88 Å². The third-order valence-electron chi connectivity index (χ3n) is 4.52. The highest BCUT2D eigenvalue weighted by molar-refractivity contribution is 7.09. The number of aromatic nitrogens is 1. The van der Waals surface area contributed by atoms with Gasteiger partial charge in [0.1, 0.15) is 0 Å². The molecular formula is C17H17FN2O2S. The summed E-state index contributed by atoms with van der Waals surface area (Å²) in [5, 5.41) is 3.06. The first-order chi connectivity index (χ1) is 11.2. The van der Waals surface area contributed by atoms with Gasteiger partial charge in [-0.25, -0.2) is 9.37 Å². The fourth-order valence-electron chi connectivity index (χ4n) is 3.39. The van der Waals surface area contributed by atoms with Gasteiger partial charge in [0.05, 0.1) is 5.01 Å². The summed E-state index contributed by atoms with van der Waals surface area (Å²) in [6.07, 6.45) is 3.67. The molecule has 1 aromatic heterocycles. The first kappa shape index (κ1) is 14.6. The van der Waals surface area contributed by atoms with Crippen LogP contribution in [0.4, 0.5) is 4.39 Å². The summed E-state index contributed by atoms with van der Waals surface area (Å²) in [6, 6.07) is 4.84. The van der Waals surface area contributed by atoms with Gasteiger partial charge in [0.15, 0.2) is 17.7 Å². The van der Waals surface area contributed by atoms with E-state index in [9.17, 15) is 9.18 Å². The van der Waals surface area contributed by atoms with E-state index in [1.54, 1.807) is 23.6 Å². The average Bonchev–Trinajstić information content (AvgIpc) is 3.24. The summed E-state index contributed by atoms with van der Waals surface area (Å²) in [5.74, 6) is 0.103. The molecule has 2 unspecified atom stereocenters. The zero-order valence-corrected chi connectivity index (χ0v) is 13.4. The lowest BCUT2D eigenvalue weighted by Gasteiger charge is -2.33. The minimum absolute atomic E-state index is 0.0399. The average molecular weight is 332 g/mol. The Kier molecular flexibility index (Phi) is 3.77. The predicted molar refractivity (Wildman–Crippen MR) is 85.2 cm³/mol. The van der Waals surface area contributed by atoms with E-state index < -0.39 is 11.9 Å². The van der Waals surface area contributed by atoms with E-state index in [4.69, 9.17) is 4.74 Å². The molecule has 1 saturated heterocycles. The predicted octanol–water partition coefficient (Wildman–Crippen LogP) is 2.99. The maximum atomic E-state index is 13.8. The normalized spacial score (nSPS) is 23.4. The number of amides is 1. The Balaban J connectivity index is 1.47. The van der Waals surface area contributed by atoms with Crippen molar-refractivity contribution in [3.63, 3.8) is 0 Å². The fraction of sp³-hybridized carbons (Fsp3) is 0.412. The number of benzene rings is 1. The first-order valence-electron chi connectivity index (χ1n) is 7.84. The zero-order valence-electron chi connectivity index (χ0n) is 12.6. The summed E-state index contributed by atoms with van der Waals surface area (Å²) < 4.78 is 19.4. The van der Waals surface area contributed by atoms with E-state index in [1.165, 1.54) is 6.07 Å². The Bertz CT molecular complexity index is 719. The molecule has 4 rings (SSSR count). The number of thiazole rings is 1. The van der Waals surface area contributed by atoms with Crippen LogP contribution in [0.15, 0.2) is 29.8 Å². The minimum Gasteiger partial charge on any atom is -0.477 e. The van der Waals surface area contributed by atoms with Crippen LogP contribution >= 0.6 is 11.3 Å². The largest absolute Gasteiger partial charge is 0.477 e. The second-order valence-corrected chi connectivity index (χ2v) is 6.96. The van der Waals surface area contributed by atoms with Gasteiger partial charge in [-0.05, 0) is 18.9 Å². The van der Waals surface area contributed by atoms with Crippen LogP contribution in [0.2, 0.25) is 0 Å². The van der Waals surface area contributed by atoms with Gasteiger partial charge in [-0.1, -0.05) is 12.1 Å². The number of halogens is 1. The maximum absolute atomic E-state index is 13.8. The molecule has 6 heteroatoms. The molecule has 120 valence electrons. The van der Waals surface area contributed by atoms with Gasteiger partial charge in [0.25, 0.3) is 5.91 Å². The number of carbonyl (C=O) groups is 1. The van der Waals surface area contributed by atoms with Crippen LogP contribution in [0.1, 0.15) is 29.3 Å². The number of nitrogens with zero attached hydrogens (tertiary/aromatic N) is 2. The smallest absolute Gasteiger partial charge is 0.264 e. The van der Waals surface area contributed by atoms with Gasteiger partial charge in [0.2, 0.25) is 0 Å². The lowest BCUT2D eigenvalue weighted by molar-refractivity contribution is -0.139. The molecule has 1 amide bonds. The molecule has 2 atom stereocenters. The molecule has 1 aromatic carbocycles. The topological polar surface area (TPSA) is 42.4 Å². The lowest BCUT2D eigenvalue weighted by atomic mass is 9.98. The Hall–Kier alpha value is -1.95. The number of piperidine rings is 1. The molecule has 2 aromatic rings. The van der Waals surface area contributed by atoms with Crippen LogP contribution < -0.4 is 4.74 Å². The monoisotopic (exact) mass is 332 g/mol. The highest BCUT2D eigenvalue weighted by atomic mass is 32.1. The SMILES string of the molecule is O=C(C1Cc2cccc(F)c2O1)N1CCCC(c2nccs2)C1. The highest BCUT2D eigenvalue weighted by Gasteiger charge is 2.36. The second kappa shape index (κ2) is 5.92. The van der Waals surface area contributed by atoms with Crippen molar-refractivity contribution in [3.8, 4) is 5.75 Å². The number of likely N-dealkylation sites (tertiary alicyclic amines) is 1. The van der Waals surface area contributed by atoms with E-state index in [1.807, 2.05) is 16.3 Å². The third-order valence-corrected chi connectivity index (χ3v) is 5.46. The molecule has 0 saturated carbocycles. The van der Waals surface area contributed by atoms with Crippen molar-refractivity contribution in [3.05, 3.63) is 46.2 Å². The van der Waals surface area contributed by atoms with E-state index >= 15 is 0 Å². The summed E-state index contributed by atoms with van der Waals surface area (Å²) >= 11 is 1.64. The summed E-state index contributed by atoms with van der Waals surface area (Å²) in [5.41, 5.74) is 0.775. The Labute approximate surface area is 137 Å². The number of fused-ring (bicyclic) bond motifs is 1. The van der Waals surface area contributed by atoms with Crippen molar-refractivity contribution < 1.29 is 13.9 Å². The Morgan fingerprint density at radius 2 is 2.35 bits per heavy atom. The van der Waals surface area contributed by atoms with Crippen molar-refractivity contribution in [1.29, 1.82) is 0 Å². The molecule has 0 radical (unpaired) electrons. The van der Waals surface area contributed by atoms with E-state index in [0.29, 0.717) is 18.9 Å². The van der Waals surface area contributed by atoms with Gasteiger partial charge >= 0.3 is 0 Å². The molecule has 23 heavy (non-hydrogen) atoms.